The number of amides is 1. The van der Waals surface area contributed by atoms with Gasteiger partial charge in [-0.1, -0.05) is 23.4 Å². The summed E-state index contributed by atoms with van der Waals surface area (Å²) in [6.07, 6.45) is 4.86. The van der Waals surface area contributed by atoms with E-state index in [1.54, 1.807) is 24.5 Å². The molecule has 31 heavy (non-hydrogen) atoms. The van der Waals surface area contributed by atoms with Crippen molar-refractivity contribution in [3.63, 3.8) is 0 Å². The number of nitrogens with one attached hydrogen (secondary N) is 1. The number of halogens is 1. The summed E-state index contributed by atoms with van der Waals surface area (Å²) in [5, 5.41) is 16.6. The van der Waals surface area contributed by atoms with Crippen LogP contribution in [0.3, 0.4) is 0 Å². The second-order valence-electron chi connectivity index (χ2n) is 6.38. The lowest BCUT2D eigenvalue weighted by molar-refractivity contribution is -0.114. The van der Waals surface area contributed by atoms with E-state index in [1.807, 2.05) is 36.4 Å². The number of benzene rings is 1. The van der Waals surface area contributed by atoms with E-state index in [1.165, 1.54) is 34.6 Å². The molecular formula is C21H12ClN5O2S2. The van der Waals surface area contributed by atoms with Gasteiger partial charge in [0.25, 0.3) is 5.91 Å². The number of fused-ring (bicyclic) bond motifs is 1. The number of hydrogen-bond acceptors (Lipinski definition) is 7. The molecule has 0 atom stereocenters. The monoisotopic (exact) mass is 465 g/mol. The quantitative estimate of drug-likeness (QED) is 0.535. The van der Waals surface area contributed by atoms with Gasteiger partial charge in [0.15, 0.2) is 10.9 Å². The lowest BCUT2D eigenvalue weighted by Gasteiger charge is -2.19. The van der Waals surface area contributed by atoms with Crippen LogP contribution in [0.15, 0.2) is 91.0 Å². The summed E-state index contributed by atoms with van der Waals surface area (Å²) in [4.78, 5) is 21.7. The van der Waals surface area contributed by atoms with E-state index in [0.717, 1.165) is 10.5 Å². The molecular weight excluding hydrogens is 454 g/mol. The number of rotatable bonds is 4. The van der Waals surface area contributed by atoms with Gasteiger partial charge in [0.1, 0.15) is 10.8 Å². The maximum absolute atomic E-state index is 12.6. The molecule has 5 rings (SSSR count). The fraction of sp³-hybridized carbons (Fsp3) is 0. The minimum Gasteiger partial charge on any atom is -0.450 e. The normalized spacial score (nSPS) is 17.1. The van der Waals surface area contributed by atoms with Crippen molar-refractivity contribution >= 4 is 63.2 Å². The smallest absolute Gasteiger partial charge is 0.283 e. The molecule has 3 aromatic rings. The number of amidine groups is 2. The van der Waals surface area contributed by atoms with Gasteiger partial charge in [-0.2, -0.15) is 15.1 Å². The van der Waals surface area contributed by atoms with E-state index in [2.05, 4.69) is 15.1 Å². The minimum atomic E-state index is -0.505. The van der Waals surface area contributed by atoms with Gasteiger partial charge in [0.05, 0.1) is 5.57 Å². The molecule has 0 aliphatic carbocycles. The Balaban J connectivity index is 1.38. The van der Waals surface area contributed by atoms with Crippen molar-refractivity contribution in [1.29, 1.82) is 5.41 Å². The first-order valence-electron chi connectivity index (χ1n) is 9.01. The zero-order chi connectivity index (χ0) is 21.4. The van der Waals surface area contributed by atoms with E-state index < -0.39 is 5.91 Å². The van der Waals surface area contributed by atoms with E-state index in [9.17, 15) is 4.79 Å². The number of hydrogen-bond donors (Lipinski definition) is 1. The molecule has 7 nitrogen and oxygen atoms in total. The molecule has 2 aliphatic heterocycles. The molecule has 0 unspecified atom stereocenters. The Labute approximate surface area is 190 Å². The predicted molar refractivity (Wildman–Crippen MR) is 123 cm³/mol. The van der Waals surface area contributed by atoms with E-state index in [0.29, 0.717) is 26.1 Å². The predicted octanol–water partition coefficient (Wildman–Crippen LogP) is 5.15. The summed E-state index contributed by atoms with van der Waals surface area (Å²) in [5.41, 5.74) is 0.906. The zero-order valence-corrected chi connectivity index (χ0v) is 18.0. The van der Waals surface area contributed by atoms with Gasteiger partial charge < -0.3 is 4.42 Å². The highest BCUT2D eigenvalue weighted by Gasteiger charge is 2.36. The molecule has 152 valence electrons. The Bertz CT molecular complexity index is 1280. The summed E-state index contributed by atoms with van der Waals surface area (Å²) in [6.45, 7) is 0. The van der Waals surface area contributed by atoms with Crippen LogP contribution in [0.4, 0.5) is 0 Å². The van der Waals surface area contributed by atoms with Crippen molar-refractivity contribution in [3.8, 4) is 0 Å². The highest BCUT2D eigenvalue weighted by atomic mass is 35.5. The summed E-state index contributed by atoms with van der Waals surface area (Å²) >= 11 is 8.58. The van der Waals surface area contributed by atoms with Crippen LogP contribution in [0.2, 0.25) is 5.02 Å². The Hall–Kier alpha value is -3.14. The van der Waals surface area contributed by atoms with Crippen LogP contribution in [0.1, 0.15) is 11.3 Å². The first kappa shape index (κ1) is 19.8. The van der Waals surface area contributed by atoms with Gasteiger partial charge >= 0.3 is 0 Å². The van der Waals surface area contributed by atoms with Gasteiger partial charge in [0.2, 0.25) is 5.17 Å². The molecule has 2 aromatic heterocycles. The van der Waals surface area contributed by atoms with Crippen LogP contribution in [0.5, 0.6) is 0 Å². The zero-order valence-electron chi connectivity index (χ0n) is 15.7. The fourth-order valence-electron chi connectivity index (χ4n) is 2.83. The molecule has 2 aliphatic rings. The van der Waals surface area contributed by atoms with Crippen LogP contribution >= 0.6 is 35.1 Å². The van der Waals surface area contributed by atoms with Crippen LogP contribution < -0.4 is 0 Å². The largest absolute Gasteiger partial charge is 0.450 e. The average molecular weight is 466 g/mol. The molecule has 1 aromatic carbocycles. The van der Waals surface area contributed by atoms with Crippen molar-refractivity contribution in [3.05, 3.63) is 82.8 Å². The van der Waals surface area contributed by atoms with Crippen molar-refractivity contribution in [1.82, 2.24) is 9.99 Å². The maximum Gasteiger partial charge on any atom is 0.283 e. The van der Waals surface area contributed by atoms with Gasteiger partial charge in [-0.3, -0.25) is 15.2 Å². The van der Waals surface area contributed by atoms with Crippen molar-refractivity contribution in [2.75, 3.05) is 0 Å². The Kier molecular flexibility index (Phi) is 5.23. The Morgan fingerprint density at radius 3 is 2.77 bits per heavy atom. The summed E-state index contributed by atoms with van der Waals surface area (Å²) < 4.78 is 5.81. The number of thioether (sulfide) groups is 1. The maximum atomic E-state index is 12.6. The van der Waals surface area contributed by atoms with E-state index >= 15 is 0 Å². The lowest BCUT2D eigenvalue weighted by Crippen LogP contribution is -2.35. The minimum absolute atomic E-state index is 0.0512. The number of pyridine rings is 1. The molecule has 1 N–H and O–H groups in total. The summed E-state index contributed by atoms with van der Waals surface area (Å²) in [7, 11) is 0. The average Bonchev–Trinajstić information content (AvgIpc) is 3.40. The Morgan fingerprint density at radius 1 is 1.16 bits per heavy atom. The number of aliphatic imine (C=N–C) groups is 1. The third-order valence-corrected chi connectivity index (χ3v) is 6.42. The van der Waals surface area contributed by atoms with Crippen molar-refractivity contribution < 1.29 is 9.21 Å². The second-order valence-corrected chi connectivity index (χ2v) is 8.85. The SMILES string of the molecule is N=C1/C(=C/c2ccc(Sc3ccc(Cl)cc3)o2)C(=O)N=C2SC(c3cccnc3)=NN12. The number of aromatic nitrogens is 1. The molecule has 0 bridgehead atoms. The third kappa shape index (κ3) is 4.07. The third-order valence-electron chi connectivity index (χ3n) is 4.28. The number of carbonyl (C=O) groups is 1. The molecule has 0 fully saturated rings. The van der Waals surface area contributed by atoms with Crippen LogP contribution in [-0.2, 0) is 4.79 Å². The van der Waals surface area contributed by atoms with Crippen molar-refractivity contribution in [2.24, 2.45) is 10.1 Å². The number of furan rings is 1. The molecule has 0 spiro atoms. The highest BCUT2D eigenvalue weighted by Crippen LogP contribution is 2.33. The molecule has 0 radical (unpaired) electrons. The number of hydrazone groups is 1. The van der Waals surface area contributed by atoms with Crippen molar-refractivity contribution in [2.45, 2.75) is 9.99 Å². The molecule has 4 heterocycles. The van der Waals surface area contributed by atoms with Crippen LogP contribution in [0.25, 0.3) is 6.08 Å². The molecule has 1 amide bonds. The number of nitrogens with zero attached hydrogens (tertiary/aromatic N) is 4. The van der Waals surface area contributed by atoms with Crippen LogP contribution in [0, 0.1) is 5.41 Å². The van der Waals surface area contributed by atoms with Crippen LogP contribution in [-0.4, -0.2) is 31.9 Å². The van der Waals surface area contributed by atoms with E-state index in [-0.39, 0.29) is 11.4 Å². The fourth-order valence-corrected chi connectivity index (χ4v) is 4.61. The summed E-state index contributed by atoms with van der Waals surface area (Å²) in [5.74, 6) is -0.106. The summed E-state index contributed by atoms with van der Waals surface area (Å²) in [6, 6.07) is 14.6. The molecule has 0 saturated carbocycles. The van der Waals surface area contributed by atoms with E-state index in [4.69, 9.17) is 21.4 Å². The van der Waals surface area contributed by atoms with Gasteiger partial charge in [-0.15, -0.1) is 0 Å². The van der Waals surface area contributed by atoms with Gasteiger partial charge in [-0.05, 0) is 66.4 Å². The number of carbonyl (C=O) groups excluding carboxylic acids is 1. The first-order chi connectivity index (χ1) is 15.1. The molecule has 0 saturated heterocycles. The second kappa shape index (κ2) is 8.18. The lowest BCUT2D eigenvalue weighted by atomic mass is 10.1. The first-order valence-corrected chi connectivity index (χ1v) is 11.0. The topological polar surface area (TPSA) is 94.9 Å². The highest BCUT2D eigenvalue weighted by molar-refractivity contribution is 8.27. The van der Waals surface area contributed by atoms with Gasteiger partial charge in [-0.25, -0.2) is 0 Å². The standard InChI is InChI=1S/C21H12ClN5O2S2/c22-13-3-6-15(7-4-13)30-17-8-5-14(29-17)10-16-18(23)27-21(25-19(16)28)31-20(26-27)12-2-1-9-24-11-12/h1-11,23H/b16-10-,23-18?. The van der Waals surface area contributed by atoms with Gasteiger partial charge in [0, 0.05) is 27.9 Å². The molecule has 10 heteroatoms. The Morgan fingerprint density at radius 2 is 2.00 bits per heavy atom.